The molecular formula is C13H13NO. The number of aliphatic hydroxyl groups is 1. The minimum absolute atomic E-state index is 0.887. The van der Waals surface area contributed by atoms with Gasteiger partial charge in [-0.1, -0.05) is 18.2 Å². The van der Waals surface area contributed by atoms with Gasteiger partial charge in [0.15, 0.2) is 0 Å². The van der Waals surface area contributed by atoms with E-state index < -0.39 is 5.60 Å². The first-order valence-electron chi connectivity index (χ1n) is 4.89. The Hall–Kier alpha value is -1.67. The second kappa shape index (κ2) is 3.83. The topological polar surface area (TPSA) is 33.1 Å². The average molecular weight is 199 g/mol. The first kappa shape index (κ1) is 9.87. The zero-order valence-electron chi connectivity index (χ0n) is 8.59. The fourth-order valence-electron chi connectivity index (χ4n) is 1.54. The molecule has 1 aromatic heterocycles. The van der Waals surface area contributed by atoms with Crippen LogP contribution in [0.5, 0.6) is 0 Å². The Morgan fingerprint density at radius 3 is 2.67 bits per heavy atom. The Morgan fingerprint density at radius 2 is 1.93 bits per heavy atom. The number of nitrogens with zero attached hydrogens (tertiary/aromatic N) is 1. The molecule has 15 heavy (non-hydrogen) atoms. The second-order valence-corrected chi connectivity index (χ2v) is 3.78. The van der Waals surface area contributed by atoms with Crippen LogP contribution in [0.4, 0.5) is 0 Å². The normalized spacial score (nSPS) is 24.8. The lowest BCUT2D eigenvalue weighted by Gasteiger charge is -2.14. The number of hydrogen-bond donors (Lipinski definition) is 1. The standard InChI is InChI=1S/C13H13NO/c1-13(15)7-3-2-4-12(10-13)11-5-8-14-9-6-11/h2-10,15H,1H3. The van der Waals surface area contributed by atoms with Crippen molar-refractivity contribution in [1.29, 1.82) is 0 Å². The molecule has 0 saturated heterocycles. The van der Waals surface area contributed by atoms with E-state index in [2.05, 4.69) is 4.98 Å². The molecule has 0 aromatic carbocycles. The fourth-order valence-corrected chi connectivity index (χ4v) is 1.54. The molecule has 1 aliphatic rings. The summed E-state index contributed by atoms with van der Waals surface area (Å²) in [7, 11) is 0. The Labute approximate surface area is 89.3 Å². The maximum absolute atomic E-state index is 9.97. The Balaban J connectivity index is 2.42. The van der Waals surface area contributed by atoms with Gasteiger partial charge in [-0.15, -0.1) is 0 Å². The molecule has 1 aliphatic carbocycles. The average Bonchev–Trinajstić information content (AvgIpc) is 2.41. The van der Waals surface area contributed by atoms with E-state index in [-0.39, 0.29) is 0 Å². The largest absolute Gasteiger partial charge is 0.382 e. The highest BCUT2D eigenvalue weighted by molar-refractivity contribution is 5.75. The molecule has 0 saturated carbocycles. The summed E-state index contributed by atoms with van der Waals surface area (Å²) in [6, 6.07) is 3.86. The summed E-state index contributed by atoms with van der Waals surface area (Å²) in [4.78, 5) is 3.97. The van der Waals surface area contributed by atoms with Gasteiger partial charge >= 0.3 is 0 Å². The van der Waals surface area contributed by atoms with Crippen LogP contribution in [0.1, 0.15) is 12.5 Å². The van der Waals surface area contributed by atoms with E-state index in [9.17, 15) is 5.11 Å². The Morgan fingerprint density at radius 1 is 1.20 bits per heavy atom. The SMILES string of the molecule is CC1(O)C=CC=CC(c2ccncc2)=C1. The summed E-state index contributed by atoms with van der Waals surface area (Å²) in [5.74, 6) is 0. The first-order valence-corrected chi connectivity index (χ1v) is 4.89. The van der Waals surface area contributed by atoms with Crippen LogP contribution >= 0.6 is 0 Å². The van der Waals surface area contributed by atoms with E-state index >= 15 is 0 Å². The van der Waals surface area contributed by atoms with E-state index in [0.717, 1.165) is 11.1 Å². The van der Waals surface area contributed by atoms with Gasteiger partial charge in [0.1, 0.15) is 0 Å². The molecule has 1 N–H and O–H groups in total. The number of hydrogen-bond acceptors (Lipinski definition) is 2. The molecule has 76 valence electrons. The molecule has 2 heteroatoms. The van der Waals surface area contributed by atoms with E-state index in [1.165, 1.54) is 0 Å². The van der Waals surface area contributed by atoms with Crippen molar-refractivity contribution in [2.24, 2.45) is 0 Å². The molecule has 0 amide bonds. The number of aromatic nitrogens is 1. The van der Waals surface area contributed by atoms with Crippen molar-refractivity contribution in [1.82, 2.24) is 4.98 Å². The van der Waals surface area contributed by atoms with E-state index in [0.29, 0.717) is 0 Å². The first-order chi connectivity index (χ1) is 7.17. The lowest BCUT2D eigenvalue weighted by molar-refractivity contribution is 0.165. The molecule has 1 aromatic rings. The summed E-state index contributed by atoms with van der Waals surface area (Å²) in [5, 5.41) is 9.97. The molecule has 1 unspecified atom stereocenters. The summed E-state index contributed by atoms with van der Waals surface area (Å²) < 4.78 is 0. The van der Waals surface area contributed by atoms with Crippen molar-refractivity contribution >= 4 is 5.57 Å². The van der Waals surface area contributed by atoms with Gasteiger partial charge in [-0.05, 0) is 42.3 Å². The highest BCUT2D eigenvalue weighted by Gasteiger charge is 2.14. The predicted molar refractivity (Wildman–Crippen MR) is 61.1 cm³/mol. The maximum atomic E-state index is 9.97. The molecule has 0 spiro atoms. The van der Waals surface area contributed by atoms with Crippen molar-refractivity contribution in [3.05, 3.63) is 60.5 Å². The summed E-state index contributed by atoms with van der Waals surface area (Å²) in [6.45, 7) is 1.76. The van der Waals surface area contributed by atoms with Crippen molar-refractivity contribution in [2.45, 2.75) is 12.5 Å². The van der Waals surface area contributed by atoms with Gasteiger partial charge in [-0.25, -0.2) is 0 Å². The van der Waals surface area contributed by atoms with Crippen LogP contribution in [0, 0.1) is 0 Å². The molecule has 0 fully saturated rings. The highest BCUT2D eigenvalue weighted by atomic mass is 16.3. The fraction of sp³-hybridized carbons (Fsp3) is 0.154. The minimum atomic E-state index is -0.887. The molecule has 0 aliphatic heterocycles. The predicted octanol–water partition coefficient (Wildman–Crippen LogP) is 2.34. The number of rotatable bonds is 1. The van der Waals surface area contributed by atoms with Crippen LogP contribution in [0.25, 0.3) is 5.57 Å². The zero-order chi connectivity index (χ0) is 10.7. The van der Waals surface area contributed by atoms with Gasteiger partial charge in [0.05, 0.1) is 5.60 Å². The molecular weight excluding hydrogens is 186 g/mol. The van der Waals surface area contributed by atoms with Gasteiger partial charge in [0, 0.05) is 12.4 Å². The number of pyridine rings is 1. The third-order valence-electron chi connectivity index (χ3n) is 2.28. The summed E-state index contributed by atoms with van der Waals surface area (Å²) in [6.07, 6.45) is 12.8. The van der Waals surface area contributed by atoms with Crippen molar-refractivity contribution < 1.29 is 5.11 Å². The van der Waals surface area contributed by atoms with Crippen molar-refractivity contribution in [2.75, 3.05) is 0 Å². The van der Waals surface area contributed by atoms with Crippen LogP contribution < -0.4 is 0 Å². The molecule has 1 heterocycles. The third-order valence-corrected chi connectivity index (χ3v) is 2.28. The van der Waals surface area contributed by atoms with Gasteiger partial charge in [-0.2, -0.15) is 0 Å². The number of allylic oxidation sites excluding steroid dienone is 4. The quantitative estimate of drug-likeness (QED) is 0.753. The summed E-state index contributed by atoms with van der Waals surface area (Å²) >= 11 is 0. The molecule has 2 nitrogen and oxygen atoms in total. The van der Waals surface area contributed by atoms with Gasteiger partial charge in [0.2, 0.25) is 0 Å². The molecule has 0 bridgehead atoms. The van der Waals surface area contributed by atoms with E-state index in [1.807, 2.05) is 36.4 Å². The van der Waals surface area contributed by atoms with E-state index in [4.69, 9.17) is 0 Å². The van der Waals surface area contributed by atoms with Crippen LogP contribution in [-0.2, 0) is 0 Å². The second-order valence-electron chi connectivity index (χ2n) is 3.78. The van der Waals surface area contributed by atoms with Crippen molar-refractivity contribution in [3.8, 4) is 0 Å². The molecule has 0 radical (unpaired) electrons. The van der Waals surface area contributed by atoms with Crippen LogP contribution in [0.2, 0.25) is 0 Å². The van der Waals surface area contributed by atoms with Crippen molar-refractivity contribution in [3.63, 3.8) is 0 Å². The van der Waals surface area contributed by atoms with Gasteiger partial charge in [0.25, 0.3) is 0 Å². The van der Waals surface area contributed by atoms with E-state index in [1.54, 1.807) is 25.4 Å². The van der Waals surface area contributed by atoms with Crippen LogP contribution in [0.15, 0.2) is 54.9 Å². The smallest absolute Gasteiger partial charge is 0.0992 e. The highest BCUT2D eigenvalue weighted by Crippen LogP contribution is 2.22. The van der Waals surface area contributed by atoms with Crippen LogP contribution in [0.3, 0.4) is 0 Å². The van der Waals surface area contributed by atoms with Gasteiger partial charge in [-0.3, -0.25) is 4.98 Å². The minimum Gasteiger partial charge on any atom is -0.382 e. The van der Waals surface area contributed by atoms with Crippen LogP contribution in [-0.4, -0.2) is 15.7 Å². The van der Waals surface area contributed by atoms with Gasteiger partial charge < -0.3 is 5.11 Å². The lowest BCUT2D eigenvalue weighted by Crippen LogP contribution is -2.16. The Bertz CT molecular complexity index is 427. The maximum Gasteiger partial charge on any atom is 0.0992 e. The Kier molecular flexibility index (Phi) is 2.52. The zero-order valence-corrected chi connectivity index (χ0v) is 8.59. The third kappa shape index (κ3) is 2.42. The summed E-state index contributed by atoms with van der Waals surface area (Å²) in [5.41, 5.74) is 1.18. The molecule has 2 rings (SSSR count). The monoisotopic (exact) mass is 199 g/mol. The molecule has 1 atom stereocenters. The lowest BCUT2D eigenvalue weighted by atomic mass is 10.00.